The number of carboxylic acid groups (broad SMARTS) is 1. The van der Waals surface area contributed by atoms with Crippen molar-refractivity contribution >= 4 is 18.1 Å². The van der Waals surface area contributed by atoms with Gasteiger partial charge in [-0.05, 0) is 59.8 Å². The van der Waals surface area contributed by atoms with Crippen LogP contribution >= 0.6 is 0 Å². The summed E-state index contributed by atoms with van der Waals surface area (Å²) in [7, 11) is 2.76. The molecule has 288 valence electrons. The fourth-order valence-electron chi connectivity index (χ4n) is 7.88. The number of aliphatic hydroxyl groups excluding tert-OH is 1. The number of aromatic amines is 2. The van der Waals surface area contributed by atoms with Gasteiger partial charge < -0.3 is 35.1 Å². The standard InChI is InChI=1S/C40H52N8O6/c1-23(2)33(45-39(51)54-6)37(49)47-19-7-9-31(47)35-41-21-29(43-35)27-15-11-25(12-16-27)26-13-17-28(18-14-26)30-22-42-36(44-30)32-10-8-20-48(32)38(50)34(24(3)4)46(5)40(52)53/h11-18,21-24,31-34,37,49H,7-10,19-20H2,1-6H3,(H,41,43)(H,42,44)(H,45,51)(H,52,53)/t31-,32-,33-,34-,37?/m0/s1. The number of hydrogen-bond acceptors (Lipinski definition) is 8. The summed E-state index contributed by atoms with van der Waals surface area (Å²) in [6, 6.07) is 14.9. The number of amides is 3. The third-order valence-corrected chi connectivity index (χ3v) is 10.8. The fourth-order valence-corrected chi connectivity index (χ4v) is 7.88. The molecule has 4 aromatic rings. The van der Waals surface area contributed by atoms with Gasteiger partial charge in [0, 0.05) is 20.1 Å². The van der Waals surface area contributed by atoms with E-state index in [0.29, 0.717) is 18.9 Å². The monoisotopic (exact) mass is 740 g/mol. The number of likely N-dealkylation sites (N-methyl/N-ethyl adjacent to an activating group) is 1. The number of nitrogens with zero attached hydrogens (tertiary/aromatic N) is 5. The van der Waals surface area contributed by atoms with Crippen LogP contribution in [0.15, 0.2) is 60.9 Å². The number of aliphatic hydroxyl groups is 1. The second kappa shape index (κ2) is 16.4. The van der Waals surface area contributed by atoms with Gasteiger partial charge in [0.05, 0.1) is 49.0 Å². The van der Waals surface area contributed by atoms with Crippen molar-refractivity contribution in [2.45, 2.75) is 83.8 Å². The van der Waals surface area contributed by atoms with Gasteiger partial charge in [-0.3, -0.25) is 14.6 Å². The number of methoxy groups -OCH3 is 1. The summed E-state index contributed by atoms with van der Waals surface area (Å²) in [5, 5.41) is 23.7. The molecule has 0 spiro atoms. The van der Waals surface area contributed by atoms with E-state index in [1.807, 2.05) is 50.9 Å². The summed E-state index contributed by atoms with van der Waals surface area (Å²) < 4.78 is 4.79. The minimum Gasteiger partial charge on any atom is -0.465 e. The van der Waals surface area contributed by atoms with Crippen LogP contribution in [-0.2, 0) is 9.53 Å². The van der Waals surface area contributed by atoms with Crippen molar-refractivity contribution in [3.05, 3.63) is 72.6 Å². The van der Waals surface area contributed by atoms with E-state index in [2.05, 4.69) is 56.7 Å². The Kier molecular flexibility index (Phi) is 11.7. The zero-order chi connectivity index (χ0) is 38.7. The van der Waals surface area contributed by atoms with Crippen LogP contribution in [0.2, 0.25) is 0 Å². The van der Waals surface area contributed by atoms with Gasteiger partial charge in [-0.1, -0.05) is 76.2 Å². The van der Waals surface area contributed by atoms with Crippen molar-refractivity contribution in [2.24, 2.45) is 11.8 Å². The van der Waals surface area contributed by atoms with Gasteiger partial charge in [0.15, 0.2) is 0 Å². The second-order valence-electron chi connectivity index (χ2n) is 15.0. The molecule has 0 saturated carbocycles. The smallest absolute Gasteiger partial charge is 0.407 e. The predicted octanol–water partition coefficient (Wildman–Crippen LogP) is 6.27. The number of carbonyl (C=O) groups excluding carboxylic acids is 2. The second-order valence-corrected chi connectivity index (χ2v) is 15.0. The first-order chi connectivity index (χ1) is 25.9. The van der Waals surface area contributed by atoms with Crippen molar-refractivity contribution in [2.75, 3.05) is 27.2 Å². The van der Waals surface area contributed by atoms with Crippen molar-refractivity contribution in [1.82, 2.24) is 40.0 Å². The average molecular weight is 741 g/mol. The molecular weight excluding hydrogens is 688 g/mol. The van der Waals surface area contributed by atoms with Gasteiger partial charge in [-0.15, -0.1) is 0 Å². The number of rotatable bonds is 12. The maximum atomic E-state index is 13.6. The number of aromatic nitrogens is 4. The molecule has 2 saturated heterocycles. The van der Waals surface area contributed by atoms with Gasteiger partial charge in [0.25, 0.3) is 0 Å². The van der Waals surface area contributed by atoms with Crippen LogP contribution < -0.4 is 5.32 Å². The zero-order valence-corrected chi connectivity index (χ0v) is 31.8. The van der Waals surface area contributed by atoms with E-state index in [0.717, 1.165) is 70.0 Å². The molecule has 1 unspecified atom stereocenters. The molecule has 0 radical (unpaired) electrons. The quantitative estimate of drug-likeness (QED) is 0.112. The molecule has 5 N–H and O–H groups in total. The van der Waals surface area contributed by atoms with Crippen molar-refractivity contribution in [1.29, 1.82) is 0 Å². The molecule has 14 heteroatoms. The molecule has 2 fully saturated rings. The van der Waals surface area contributed by atoms with Crippen molar-refractivity contribution in [3.8, 4) is 33.6 Å². The largest absolute Gasteiger partial charge is 0.465 e. The number of ether oxygens (including phenoxy) is 1. The van der Waals surface area contributed by atoms with Crippen LogP contribution in [0.3, 0.4) is 0 Å². The van der Waals surface area contributed by atoms with E-state index in [9.17, 15) is 24.6 Å². The predicted molar refractivity (Wildman–Crippen MR) is 204 cm³/mol. The lowest BCUT2D eigenvalue weighted by Crippen LogP contribution is -2.54. The molecule has 3 amide bonds. The number of H-pyrrole nitrogens is 2. The lowest BCUT2D eigenvalue weighted by Gasteiger charge is -2.35. The van der Waals surface area contributed by atoms with Crippen LogP contribution in [0, 0.1) is 11.8 Å². The van der Waals surface area contributed by atoms with Crippen LogP contribution in [-0.4, -0.2) is 109 Å². The van der Waals surface area contributed by atoms with E-state index in [1.54, 1.807) is 11.1 Å². The molecule has 54 heavy (non-hydrogen) atoms. The number of hydrogen-bond donors (Lipinski definition) is 5. The SMILES string of the molecule is COC(=O)N[C@@H](C(C)C)C(O)N1CCC[C@H]1c1ncc(-c2ccc(-c3ccc(-c4cnc([C@@H]5CCCN5C(=O)[C@H](C(C)C)N(C)C(=O)O)[nH]4)cc3)cc2)[nH]1. The highest BCUT2D eigenvalue weighted by Crippen LogP contribution is 2.36. The number of imidazole rings is 2. The maximum Gasteiger partial charge on any atom is 0.407 e. The summed E-state index contributed by atoms with van der Waals surface area (Å²) in [6.07, 6.45) is 4.35. The molecular formula is C40H52N8O6. The average Bonchev–Trinajstić information content (AvgIpc) is 4.00. The number of carbonyl (C=O) groups is 3. The highest BCUT2D eigenvalue weighted by Gasteiger charge is 2.40. The van der Waals surface area contributed by atoms with Crippen LogP contribution in [0.25, 0.3) is 33.6 Å². The normalized spacial score (nSPS) is 19.2. The fraction of sp³-hybridized carbons (Fsp3) is 0.475. The Morgan fingerprint density at radius 2 is 1.31 bits per heavy atom. The molecule has 2 aliphatic heterocycles. The van der Waals surface area contributed by atoms with Gasteiger partial charge in [0.2, 0.25) is 5.91 Å². The van der Waals surface area contributed by atoms with E-state index >= 15 is 0 Å². The molecule has 14 nitrogen and oxygen atoms in total. The third kappa shape index (κ3) is 7.99. The van der Waals surface area contributed by atoms with Gasteiger partial charge >= 0.3 is 12.2 Å². The summed E-state index contributed by atoms with van der Waals surface area (Å²) in [5.74, 6) is 1.11. The van der Waals surface area contributed by atoms with Crippen LogP contribution in [0.4, 0.5) is 9.59 Å². The first kappa shape index (κ1) is 38.5. The summed E-state index contributed by atoms with van der Waals surface area (Å²) in [6.45, 7) is 8.89. The number of alkyl carbamates (subject to hydrolysis) is 1. The highest BCUT2D eigenvalue weighted by molar-refractivity contribution is 5.86. The Morgan fingerprint density at radius 3 is 1.81 bits per heavy atom. The molecule has 6 rings (SSSR count). The Labute approximate surface area is 315 Å². The molecule has 2 aromatic carbocycles. The molecule has 5 atom stereocenters. The Morgan fingerprint density at radius 1 is 0.815 bits per heavy atom. The lowest BCUT2D eigenvalue weighted by atomic mass is 10.0. The highest BCUT2D eigenvalue weighted by atomic mass is 16.5. The number of likely N-dealkylation sites (tertiary alicyclic amines) is 2. The van der Waals surface area contributed by atoms with E-state index in [1.165, 1.54) is 14.2 Å². The van der Waals surface area contributed by atoms with E-state index in [-0.39, 0.29) is 29.8 Å². The summed E-state index contributed by atoms with van der Waals surface area (Å²) in [4.78, 5) is 58.4. The first-order valence-corrected chi connectivity index (χ1v) is 18.7. The van der Waals surface area contributed by atoms with Crippen molar-refractivity contribution in [3.63, 3.8) is 0 Å². The molecule has 0 aliphatic carbocycles. The number of benzene rings is 2. The summed E-state index contributed by atoms with van der Waals surface area (Å²) in [5.41, 5.74) is 5.80. The summed E-state index contributed by atoms with van der Waals surface area (Å²) >= 11 is 0. The molecule has 0 bridgehead atoms. The van der Waals surface area contributed by atoms with Gasteiger partial charge in [-0.25, -0.2) is 19.6 Å². The van der Waals surface area contributed by atoms with Crippen LogP contribution in [0.1, 0.15) is 77.1 Å². The molecule has 2 aliphatic rings. The minimum atomic E-state index is -1.12. The number of nitrogens with one attached hydrogen (secondary N) is 3. The van der Waals surface area contributed by atoms with E-state index in [4.69, 9.17) is 9.72 Å². The third-order valence-electron chi connectivity index (χ3n) is 10.8. The van der Waals surface area contributed by atoms with Crippen LogP contribution in [0.5, 0.6) is 0 Å². The van der Waals surface area contributed by atoms with E-state index < -0.39 is 30.5 Å². The van der Waals surface area contributed by atoms with Gasteiger partial charge in [-0.2, -0.15) is 0 Å². The topological polar surface area (TPSA) is 180 Å². The Balaban J connectivity index is 1.11. The zero-order valence-electron chi connectivity index (χ0n) is 31.8. The van der Waals surface area contributed by atoms with Gasteiger partial charge in [0.1, 0.15) is 23.9 Å². The molecule has 4 heterocycles. The maximum absolute atomic E-state index is 13.6. The molecule has 2 aromatic heterocycles. The van der Waals surface area contributed by atoms with Crippen molar-refractivity contribution < 1.29 is 29.3 Å². The Hall–Kier alpha value is -5.21. The first-order valence-electron chi connectivity index (χ1n) is 18.7. The lowest BCUT2D eigenvalue weighted by molar-refractivity contribution is -0.138. The Bertz CT molecular complexity index is 1910. The minimum absolute atomic E-state index is 0.00758.